The first kappa shape index (κ1) is 20.6. The number of anilines is 1. The Balaban J connectivity index is 0.00000132. The summed E-state index contributed by atoms with van der Waals surface area (Å²) in [6.45, 7) is 4.71. The Bertz CT molecular complexity index is 512. The van der Waals surface area contributed by atoms with Crippen LogP contribution in [0.2, 0.25) is 0 Å². The fourth-order valence-electron chi connectivity index (χ4n) is 3.17. The lowest BCUT2D eigenvalue weighted by molar-refractivity contribution is -0.124. The van der Waals surface area contributed by atoms with Crippen molar-refractivity contribution in [1.82, 2.24) is 10.6 Å². The molecule has 0 saturated carbocycles. The monoisotopic (exact) mass is 423 g/mol. The van der Waals surface area contributed by atoms with E-state index in [-0.39, 0.29) is 36.6 Å². The molecule has 23 heavy (non-hydrogen) atoms. The SMILES string of the molecule is Cl.Cl.O=C(NCC1CCN(c2cccc(Br)c2)C1)C1CCNC1. The molecule has 0 aromatic heterocycles. The summed E-state index contributed by atoms with van der Waals surface area (Å²) in [6.07, 6.45) is 2.12. The second kappa shape index (κ2) is 9.72. The van der Waals surface area contributed by atoms with Gasteiger partial charge in [0.25, 0.3) is 0 Å². The molecular formula is C16H24BrCl2N3O. The maximum atomic E-state index is 12.0. The highest BCUT2D eigenvalue weighted by molar-refractivity contribution is 9.10. The van der Waals surface area contributed by atoms with E-state index in [4.69, 9.17) is 0 Å². The Hall–Kier alpha value is -0.490. The molecule has 1 aromatic rings. The van der Waals surface area contributed by atoms with Gasteiger partial charge in [0, 0.05) is 36.3 Å². The van der Waals surface area contributed by atoms with Crippen molar-refractivity contribution in [2.45, 2.75) is 12.8 Å². The summed E-state index contributed by atoms with van der Waals surface area (Å²) in [5.74, 6) is 0.954. The van der Waals surface area contributed by atoms with Gasteiger partial charge in [-0.05, 0) is 43.5 Å². The summed E-state index contributed by atoms with van der Waals surface area (Å²) in [5, 5.41) is 6.38. The van der Waals surface area contributed by atoms with Gasteiger partial charge in [0.15, 0.2) is 0 Å². The van der Waals surface area contributed by atoms with Gasteiger partial charge in [-0.1, -0.05) is 22.0 Å². The maximum Gasteiger partial charge on any atom is 0.224 e. The number of rotatable bonds is 4. The van der Waals surface area contributed by atoms with E-state index in [9.17, 15) is 4.79 Å². The molecule has 0 radical (unpaired) electrons. The van der Waals surface area contributed by atoms with Gasteiger partial charge in [-0.3, -0.25) is 4.79 Å². The first-order valence-corrected chi connectivity index (χ1v) is 8.50. The van der Waals surface area contributed by atoms with E-state index in [1.807, 2.05) is 6.07 Å². The Morgan fingerprint density at radius 3 is 2.87 bits per heavy atom. The number of nitrogens with one attached hydrogen (secondary N) is 2. The number of amides is 1. The van der Waals surface area contributed by atoms with Gasteiger partial charge in [0.1, 0.15) is 0 Å². The molecule has 2 saturated heterocycles. The zero-order valence-corrected chi connectivity index (χ0v) is 16.2. The minimum absolute atomic E-state index is 0. The molecule has 2 N–H and O–H groups in total. The number of hydrogen-bond donors (Lipinski definition) is 2. The van der Waals surface area contributed by atoms with Crippen LogP contribution in [0.1, 0.15) is 12.8 Å². The van der Waals surface area contributed by atoms with Crippen molar-refractivity contribution in [1.29, 1.82) is 0 Å². The summed E-state index contributed by atoms with van der Waals surface area (Å²) in [7, 11) is 0. The Kier molecular flexibility index (Phi) is 8.69. The molecule has 1 amide bonds. The molecule has 2 heterocycles. The van der Waals surface area contributed by atoms with Crippen molar-refractivity contribution >= 4 is 52.3 Å². The van der Waals surface area contributed by atoms with Crippen molar-refractivity contribution in [3.8, 4) is 0 Å². The molecule has 0 spiro atoms. The fourth-order valence-corrected chi connectivity index (χ4v) is 3.56. The average molecular weight is 425 g/mol. The molecule has 0 aliphatic carbocycles. The third kappa shape index (κ3) is 5.52. The van der Waals surface area contributed by atoms with Gasteiger partial charge < -0.3 is 15.5 Å². The maximum absolute atomic E-state index is 12.0. The van der Waals surface area contributed by atoms with Gasteiger partial charge >= 0.3 is 0 Å². The highest BCUT2D eigenvalue weighted by Crippen LogP contribution is 2.26. The molecule has 2 aliphatic heterocycles. The van der Waals surface area contributed by atoms with Crippen LogP contribution in [0.4, 0.5) is 5.69 Å². The van der Waals surface area contributed by atoms with Crippen LogP contribution in [0.25, 0.3) is 0 Å². The lowest BCUT2D eigenvalue weighted by Gasteiger charge is -2.19. The van der Waals surface area contributed by atoms with Crippen molar-refractivity contribution in [2.75, 3.05) is 37.6 Å². The van der Waals surface area contributed by atoms with Crippen LogP contribution in [-0.2, 0) is 4.79 Å². The standard InChI is InChI=1S/C16H22BrN3O.2ClH/c17-14-2-1-3-15(8-14)20-7-5-12(11-20)9-19-16(21)13-4-6-18-10-13;;/h1-3,8,12-13,18H,4-7,9-11H2,(H,19,21);2*1H. The molecular weight excluding hydrogens is 401 g/mol. The molecule has 2 unspecified atom stereocenters. The third-order valence-electron chi connectivity index (χ3n) is 4.46. The molecule has 130 valence electrons. The fraction of sp³-hybridized carbons (Fsp3) is 0.562. The lowest BCUT2D eigenvalue weighted by Crippen LogP contribution is -2.36. The second-order valence-electron chi connectivity index (χ2n) is 6.02. The Labute approximate surface area is 158 Å². The quantitative estimate of drug-likeness (QED) is 0.780. The van der Waals surface area contributed by atoms with Gasteiger partial charge in [0.05, 0.1) is 5.92 Å². The number of benzene rings is 1. The topological polar surface area (TPSA) is 44.4 Å². The summed E-state index contributed by atoms with van der Waals surface area (Å²) in [4.78, 5) is 14.4. The molecule has 2 aliphatic rings. The minimum atomic E-state index is 0. The zero-order valence-electron chi connectivity index (χ0n) is 13.0. The van der Waals surface area contributed by atoms with E-state index < -0.39 is 0 Å². The summed E-state index contributed by atoms with van der Waals surface area (Å²) < 4.78 is 1.12. The molecule has 2 atom stereocenters. The van der Waals surface area contributed by atoms with E-state index in [0.717, 1.165) is 50.0 Å². The van der Waals surface area contributed by atoms with E-state index in [1.54, 1.807) is 0 Å². The number of hydrogen-bond acceptors (Lipinski definition) is 3. The van der Waals surface area contributed by atoms with Gasteiger partial charge in [0.2, 0.25) is 5.91 Å². The molecule has 2 fully saturated rings. The largest absolute Gasteiger partial charge is 0.371 e. The minimum Gasteiger partial charge on any atom is -0.371 e. The van der Waals surface area contributed by atoms with E-state index >= 15 is 0 Å². The summed E-state index contributed by atoms with van der Waals surface area (Å²) >= 11 is 3.52. The average Bonchev–Trinajstić information content (AvgIpc) is 3.16. The van der Waals surface area contributed by atoms with E-state index in [0.29, 0.717) is 5.92 Å². The molecule has 3 rings (SSSR count). The van der Waals surface area contributed by atoms with Gasteiger partial charge in [-0.2, -0.15) is 0 Å². The predicted octanol–water partition coefficient (Wildman–Crippen LogP) is 2.84. The van der Waals surface area contributed by atoms with Crippen LogP contribution in [0.5, 0.6) is 0 Å². The Morgan fingerprint density at radius 2 is 2.17 bits per heavy atom. The van der Waals surface area contributed by atoms with Crippen LogP contribution < -0.4 is 15.5 Å². The van der Waals surface area contributed by atoms with Crippen LogP contribution in [-0.4, -0.2) is 38.6 Å². The highest BCUT2D eigenvalue weighted by atomic mass is 79.9. The third-order valence-corrected chi connectivity index (χ3v) is 4.95. The van der Waals surface area contributed by atoms with Crippen LogP contribution >= 0.6 is 40.7 Å². The van der Waals surface area contributed by atoms with E-state index in [1.165, 1.54) is 5.69 Å². The van der Waals surface area contributed by atoms with Crippen LogP contribution in [0, 0.1) is 11.8 Å². The molecule has 4 nitrogen and oxygen atoms in total. The number of carbonyl (C=O) groups is 1. The number of halogens is 3. The molecule has 7 heteroatoms. The normalized spacial score (nSPS) is 23.1. The van der Waals surface area contributed by atoms with Crippen molar-refractivity contribution in [3.63, 3.8) is 0 Å². The molecule has 1 aromatic carbocycles. The molecule has 0 bridgehead atoms. The first-order chi connectivity index (χ1) is 10.2. The van der Waals surface area contributed by atoms with Crippen molar-refractivity contribution in [2.24, 2.45) is 11.8 Å². The summed E-state index contributed by atoms with van der Waals surface area (Å²) in [6, 6.07) is 8.43. The van der Waals surface area contributed by atoms with Gasteiger partial charge in [-0.15, -0.1) is 24.8 Å². The Morgan fingerprint density at radius 1 is 1.35 bits per heavy atom. The summed E-state index contributed by atoms with van der Waals surface area (Å²) in [5.41, 5.74) is 1.26. The predicted molar refractivity (Wildman–Crippen MR) is 103 cm³/mol. The van der Waals surface area contributed by atoms with Crippen LogP contribution in [0.3, 0.4) is 0 Å². The lowest BCUT2D eigenvalue weighted by atomic mass is 10.1. The van der Waals surface area contributed by atoms with Crippen molar-refractivity contribution < 1.29 is 4.79 Å². The second-order valence-corrected chi connectivity index (χ2v) is 6.93. The number of carbonyl (C=O) groups excluding carboxylic acids is 1. The van der Waals surface area contributed by atoms with Crippen LogP contribution in [0.15, 0.2) is 28.7 Å². The van der Waals surface area contributed by atoms with Crippen molar-refractivity contribution in [3.05, 3.63) is 28.7 Å². The highest BCUT2D eigenvalue weighted by Gasteiger charge is 2.26. The van der Waals surface area contributed by atoms with Gasteiger partial charge in [-0.25, -0.2) is 0 Å². The number of nitrogens with zero attached hydrogens (tertiary/aromatic N) is 1. The van der Waals surface area contributed by atoms with E-state index in [2.05, 4.69) is 49.7 Å². The first-order valence-electron chi connectivity index (χ1n) is 7.71. The zero-order chi connectivity index (χ0) is 14.7. The smallest absolute Gasteiger partial charge is 0.224 e.